The maximum atomic E-state index is 13.0. The number of nitrogens with two attached hydrogens (primary N) is 1. The summed E-state index contributed by atoms with van der Waals surface area (Å²) in [5, 5.41) is 1.80. The molecule has 0 bridgehead atoms. The van der Waals surface area contributed by atoms with Crippen LogP contribution in [0, 0.1) is 5.82 Å². The molecular formula is C9H7BrFNS. The molecule has 0 saturated carbocycles. The highest BCUT2D eigenvalue weighted by atomic mass is 79.9. The summed E-state index contributed by atoms with van der Waals surface area (Å²) in [6, 6.07) is 5.18. The highest BCUT2D eigenvalue weighted by Gasteiger charge is 2.07. The average Bonchev–Trinajstić information content (AvgIpc) is 2.55. The van der Waals surface area contributed by atoms with E-state index in [-0.39, 0.29) is 11.5 Å². The van der Waals surface area contributed by atoms with E-state index in [1.54, 1.807) is 6.07 Å². The Bertz CT molecular complexity index is 452. The van der Waals surface area contributed by atoms with E-state index in [0.717, 1.165) is 20.3 Å². The molecule has 13 heavy (non-hydrogen) atoms. The van der Waals surface area contributed by atoms with E-state index in [9.17, 15) is 4.39 Å². The van der Waals surface area contributed by atoms with E-state index < -0.39 is 0 Å². The van der Waals surface area contributed by atoms with Crippen molar-refractivity contribution < 1.29 is 4.39 Å². The quantitative estimate of drug-likeness (QED) is 0.616. The highest BCUT2D eigenvalue weighted by molar-refractivity contribution is 9.08. The zero-order chi connectivity index (χ0) is 9.42. The molecule has 0 atom stereocenters. The number of alkyl halides is 1. The third-order valence-electron chi connectivity index (χ3n) is 1.85. The molecule has 1 nitrogen and oxygen atoms in total. The van der Waals surface area contributed by atoms with Crippen molar-refractivity contribution in [1.82, 2.24) is 0 Å². The summed E-state index contributed by atoms with van der Waals surface area (Å²) in [4.78, 5) is 1.16. The number of benzene rings is 1. The molecule has 2 N–H and O–H groups in total. The lowest BCUT2D eigenvalue weighted by Crippen LogP contribution is -1.88. The van der Waals surface area contributed by atoms with Crippen molar-refractivity contribution in [2.24, 2.45) is 0 Å². The summed E-state index contributed by atoms with van der Waals surface area (Å²) < 4.78 is 13.9. The van der Waals surface area contributed by atoms with Crippen LogP contribution in [0.5, 0.6) is 0 Å². The number of anilines is 1. The number of hydrogen-bond acceptors (Lipinski definition) is 2. The van der Waals surface area contributed by atoms with Gasteiger partial charge in [0.05, 0.1) is 10.4 Å². The van der Waals surface area contributed by atoms with Crippen molar-refractivity contribution in [3.05, 3.63) is 28.9 Å². The van der Waals surface area contributed by atoms with E-state index in [4.69, 9.17) is 5.73 Å². The van der Waals surface area contributed by atoms with Crippen LogP contribution in [0.25, 0.3) is 10.1 Å². The van der Waals surface area contributed by atoms with E-state index >= 15 is 0 Å². The van der Waals surface area contributed by atoms with Crippen LogP contribution in [0.1, 0.15) is 4.88 Å². The molecule has 0 amide bonds. The van der Waals surface area contributed by atoms with Crippen molar-refractivity contribution in [3.8, 4) is 0 Å². The first-order valence-corrected chi connectivity index (χ1v) is 5.68. The summed E-state index contributed by atoms with van der Waals surface area (Å²) in [5.41, 5.74) is 5.87. The molecule has 1 aromatic heterocycles. The second-order valence-electron chi connectivity index (χ2n) is 2.73. The summed E-state index contributed by atoms with van der Waals surface area (Å²) in [6.45, 7) is 0. The van der Waals surface area contributed by atoms with Crippen LogP contribution in [0.15, 0.2) is 18.2 Å². The van der Waals surface area contributed by atoms with Crippen molar-refractivity contribution in [2.75, 3.05) is 5.73 Å². The Kier molecular flexibility index (Phi) is 2.26. The van der Waals surface area contributed by atoms with Crippen molar-refractivity contribution in [3.63, 3.8) is 0 Å². The molecule has 68 valence electrons. The molecule has 1 heterocycles. The molecule has 0 aliphatic rings. The third-order valence-corrected chi connectivity index (χ3v) is 4.01. The summed E-state index contributed by atoms with van der Waals surface area (Å²) in [6.07, 6.45) is 0. The van der Waals surface area contributed by atoms with Gasteiger partial charge in [0, 0.05) is 10.2 Å². The highest BCUT2D eigenvalue weighted by Crippen LogP contribution is 2.32. The number of thiophene rings is 1. The molecule has 0 radical (unpaired) electrons. The number of nitrogen functional groups attached to an aromatic ring is 1. The van der Waals surface area contributed by atoms with Gasteiger partial charge in [-0.15, -0.1) is 11.3 Å². The maximum Gasteiger partial charge on any atom is 0.147 e. The smallest absolute Gasteiger partial charge is 0.147 e. The molecule has 1 aromatic carbocycles. The van der Waals surface area contributed by atoms with Gasteiger partial charge in [-0.3, -0.25) is 0 Å². The minimum Gasteiger partial charge on any atom is -0.395 e. The van der Waals surface area contributed by atoms with Gasteiger partial charge in [-0.25, -0.2) is 4.39 Å². The Morgan fingerprint density at radius 3 is 2.92 bits per heavy atom. The zero-order valence-electron chi connectivity index (χ0n) is 6.68. The lowest BCUT2D eigenvalue weighted by atomic mass is 10.2. The van der Waals surface area contributed by atoms with E-state index in [0.29, 0.717) is 0 Å². The molecule has 0 unspecified atom stereocenters. The van der Waals surface area contributed by atoms with Gasteiger partial charge in [-0.1, -0.05) is 22.0 Å². The van der Waals surface area contributed by atoms with Gasteiger partial charge in [0.2, 0.25) is 0 Å². The second kappa shape index (κ2) is 3.27. The number of hydrogen-bond donors (Lipinski definition) is 1. The monoisotopic (exact) mass is 259 g/mol. The Morgan fingerprint density at radius 2 is 2.23 bits per heavy atom. The predicted molar refractivity (Wildman–Crippen MR) is 58.8 cm³/mol. The molecule has 0 aliphatic carbocycles. The van der Waals surface area contributed by atoms with E-state index in [1.807, 2.05) is 6.07 Å². The van der Waals surface area contributed by atoms with Gasteiger partial charge in [0.1, 0.15) is 5.82 Å². The van der Waals surface area contributed by atoms with Gasteiger partial charge in [-0.05, 0) is 17.5 Å². The van der Waals surface area contributed by atoms with Crippen molar-refractivity contribution in [1.29, 1.82) is 0 Å². The van der Waals surface area contributed by atoms with Crippen LogP contribution < -0.4 is 5.73 Å². The van der Waals surface area contributed by atoms with Crippen LogP contribution in [0.3, 0.4) is 0 Å². The first-order valence-electron chi connectivity index (χ1n) is 3.74. The average molecular weight is 260 g/mol. The summed E-state index contributed by atoms with van der Waals surface area (Å²) in [7, 11) is 0. The number of fused-ring (bicyclic) bond motifs is 1. The maximum absolute atomic E-state index is 13.0. The Hall–Kier alpha value is -0.610. The largest absolute Gasteiger partial charge is 0.395 e. The van der Waals surface area contributed by atoms with Crippen molar-refractivity contribution >= 4 is 43.0 Å². The minimum atomic E-state index is -0.338. The van der Waals surface area contributed by atoms with Crippen LogP contribution >= 0.6 is 27.3 Å². The fraction of sp³-hybridized carbons (Fsp3) is 0.111. The standard InChI is InChI=1S/C9H7BrFNS/c10-4-6-3-5-1-2-7(11)8(12)9(5)13-6/h1-3H,4,12H2. The number of rotatable bonds is 1. The fourth-order valence-corrected chi connectivity index (χ4v) is 2.68. The first kappa shape index (κ1) is 8.97. The van der Waals surface area contributed by atoms with Crippen LogP contribution in [0.2, 0.25) is 0 Å². The summed E-state index contributed by atoms with van der Waals surface area (Å²) in [5.74, 6) is -0.338. The van der Waals surface area contributed by atoms with Gasteiger partial charge in [0.25, 0.3) is 0 Å². The molecule has 2 rings (SSSR count). The number of halogens is 2. The van der Waals surface area contributed by atoms with Crippen LogP contribution in [-0.2, 0) is 5.33 Å². The first-order chi connectivity index (χ1) is 6.22. The molecular weight excluding hydrogens is 253 g/mol. The zero-order valence-corrected chi connectivity index (χ0v) is 9.08. The molecule has 4 heteroatoms. The molecule has 2 aromatic rings. The van der Waals surface area contributed by atoms with Gasteiger partial charge >= 0.3 is 0 Å². The predicted octanol–water partition coefficient (Wildman–Crippen LogP) is 3.52. The lowest BCUT2D eigenvalue weighted by molar-refractivity contribution is 0.634. The minimum absolute atomic E-state index is 0.259. The Labute approximate surface area is 87.5 Å². The SMILES string of the molecule is Nc1c(F)ccc2cc(CBr)sc12. The summed E-state index contributed by atoms with van der Waals surface area (Å²) >= 11 is 4.88. The second-order valence-corrected chi connectivity index (χ2v) is 4.42. The molecule has 0 aliphatic heterocycles. The third kappa shape index (κ3) is 1.44. The fourth-order valence-electron chi connectivity index (χ4n) is 1.22. The van der Waals surface area contributed by atoms with Crippen molar-refractivity contribution in [2.45, 2.75) is 5.33 Å². The van der Waals surface area contributed by atoms with Gasteiger partial charge in [-0.2, -0.15) is 0 Å². The van der Waals surface area contributed by atoms with Gasteiger partial charge < -0.3 is 5.73 Å². The van der Waals surface area contributed by atoms with E-state index in [1.165, 1.54) is 17.4 Å². The molecule has 0 saturated heterocycles. The molecule has 0 fully saturated rings. The van der Waals surface area contributed by atoms with E-state index in [2.05, 4.69) is 15.9 Å². The van der Waals surface area contributed by atoms with Gasteiger partial charge in [0.15, 0.2) is 0 Å². The topological polar surface area (TPSA) is 26.0 Å². The van der Waals surface area contributed by atoms with Crippen LogP contribution in [0.4, 0.5) is 10.1 Å². The Morgan fingerprint density at radius 1 is 1.46 bits per heavy atom. The molecule has 0 spiro atoms. The normalized spacial score (nSPS) is 10.9. The lowest BCUT2D eigenvalue weighted by Gasteiger charge is -1.95. The van der Waals surface area contributed by atoms with Crippen LogP contribution in [-0.4, -0.2) is 0 Å². The Balaban J connectivity index is 2.76.